The zero-order valence-corrected chi connectivity index (χ0v) is 43.9. The molecule has 0 radical (unpaired) electrons. The van der Waals surface area contributed by atoms with Crippen LogP contribution in [0.25, 0.3) is 0 Å². The number of nitrogens with two attached hydrogens (primary N) is 5. The van der Waals surface area contributed by atoms with Crippen LogP contribution in [0.3, 0.4) is 0 Å². The normalized spacial score (nSPS) is 19.7. The number of anilines is 2. The summed E-state index contributed by atoms with van der Waals surface area (Å²) >= 11 is 0. The average molecular weight is 1050 g/mol. The molecule has 76 heavy (non-hydrogen) atoms. The molecule has 4 amide bonds. The minimum Gasteiger partial charge on any atom is -0.403 e. The first kappa shape index (κ1) is 58.3. The Kier molecular flexibility index (Phi) is 22.5. The van der Waals surface area contributed by atoms with Crippen molar-refractivity contribution in [2.24, 2.45) is 28.9 Å². The van der Waals surface area contributed by atoms with Gasteiger partial charge in [0, 0.05) is 119 Å². The first-order chi connectivity index (χ1) is 36.6. The van der Waals surface area contributed by atoms with E-state index in [-0.39, 0.29) is 23.4 Å². The van der Waals surface area contributed by atoms with Crippen molar-refractivity contribution < 1.29 is 28.0 Å². The Balaban J connectivity index is 0.000000209. The quantitative estimate of drug-likeness (QED) is 0.0336. The number of carbonyl (C=O) groups is 4. The average Bonchev–Trinajstić information content (AvgIpc) is 4.38. The van der Waals surface area contributed by atoms with E-state index in [1.807, 2.05) is 41.1 Å². The third kappa shape index (κ3) is 18.4. The van der Waals surface area contributed by atoms with Crippen molar-refractivity contribution in [1.82, 2.24) is 35.6 Å². The molecule has 4 aliphatic rings. The van der Waals surface area contributed by atoms with E-state index >= 15 is 0 Å². The Morgan fingerprint density at radius 1 is 0.605 bits per heavy atom. The van der Waals surface area contributed by atoms with Gasteiger partial charge in [-0.3, -0.25) is 29.2 Å². The third-order valence-corrected chi connectivity index (χ3v) is 14.1. The second-order valence-electron chi connectivity index (χ2n) is 19.8. The largest absolute Gasteiger partial charge is 0.403 e. The van der Waals surface area contributed by atoms with Gasteiger partial charge in [-0.2, -0.15) is 0 Å². The van der Waals surface area contributed by atoms with Gasteiger partial charge in [-0.25, -0.2) is 20.5 Å². The lowest BCUT2D eigenvalue weighted by atomic mass is 10.1. The summed E-state index contributed by atoms with van der Waals surface area (Å²) in [4.78, 5) is 57.6. The van der Waals surface area contributed by atoms with Crippen molar-refractivity contribution in [3.05, 3.63) is 156 Å². The van der Waals surface area contributed by atoms with Crippen LogP contribution in [0, 0.1) is 11.6 Å². The van der Waals surface area contributed by atoms with Crippen molar-refractivity contribution in [1.29, 1.82) is 0 Å². The van der Waals surface area contributed by atoms with Gasteiger partial charge in [0.2, 0.25) is 17.7 Å². The number of carbonyl (C=O) groups excluding carboxylic acids is 4. The molecule has 0 bridgehead atoms. The van der Waals surface area contributed by atoms with Crippen LogP contribution in [0.1, 0.15) is 88.6 Å². The molecule has 18 nitrogen and oxygen atoms in total. The van der Waals surface area contributed by atoms with Crippen LogP contribution >= 0.6 is 0 Å². The number of unbranched alkanes of at least 4 members (excludes halogenated alkanes) is 1. The number of benzene rings is 4. The van der Waals surface area contributed by atoms with Crippen LogP contribution in [0.5, 0.6) is 0 Å². The summed E-state index contributed by atoms with van der Waals surface area (Å²) in [5.74, 6) is 11.5. The summed E-state index contributed by atoms with van der Waals surface area (Å²) in [6, 6.07) is 27.2. The van der Waals surface area contributed by atoms with Crippen LogP contribution in [0.4, 0.5) is 20.2 Å². The summed E-state index contributed by atoms with van der Waals surface area (Å²) in [5, 5.41) is 12.8. The fourth-order valence-electron chi connectivity index (χ4n) is 9.18. The van der Waals surface area contributed by atoms with Gasteiger partial charge in [-0.1, -0.05) is 24.3 Å². The standard InChI is InChI=1S/C28H38FN7O2.C19H28FN3O.C9H12N4O/c1-34-15-17-35(18-16-34)28(38)25(33-27(37)21-6-10-23(11-7-21)36(31)14-12-30)3-2-13-32-26-19-24(26)20-4-8-22(29)9-5-20;1-22-10-12-23(13-11-22)19(24)4-2-3-9-21-18-14-17(18)15-5-7-16(20)8-6-15;10-5-6-13(12)8-3-1-7(2-4-8)9(11)14/h4-12,14,24-26,32H,2-3,13,15-19,30-31H2,1H3,(H,33,37);5-8,17-18,21H,2-4,9-14H2,1H3;1-6H,10,12H2,(H2,11,14)/b14-12-;;6-5-. The van der Waals surface area contributed by atoms with Crippen LogP contribution < -0.4 is 54.9 Å². The highest BCUT2D eigenvalue weighted by molar-refractivity contribution is 5.98. The third-order valence-electron chi connectivity index (χ3n) is 14.1. The Hall–Kier alpha value is -6.94. The molecule has 410 valence electrons. The molecule has 13 N–H and O–H groups in total. The molecule has 2 saturated carbocycles. The summed E-state index contributed by atoms with van der Waals surface area (Å²) < 4.78 is 26.1. The minimum atomic E-state index is -0.606. The fraction of sp³-hybridized carbons (Fsp3) is 0.429. The molecular weight excluding hydrogens is 971 g/mol. The highest BCUT2D eigenvalue weighted by Crippen LogP contribution is 2.41. The molecular formula is C56H78F2N14O4. The van der Waals surface area contributed by atoms with Gasteiger partial charge in [0.1, 0.15) is 17.7 Å². The first-order valence-electron chi connectivity index (χ1n) is 26.2. The van der Waals surface area contributed by atoms with Crippen LogP contribution in [0.15, 0.2) is 122 Å². The second kappa shape index (κ2) is 29.4. The number of piperazine rings is 2. The van der Waals surface area contributed by atoms with Crippen molar-refractivity contribution >= 4 is 35.0 Å². The number of amides is 4. The van der Waals surface area contributed by atoms with Gasteiger partial charge in [-0.15, -0.1) is 0 Å². The number of rotatable bonds is 21. The Morgan fingerprint density at radius 2 is 1.04 bits per heavy atom. The molecule has 0 aromatic heterocycles. The van der Waals surface area contributed by atoms with Crippen LogP contribution in [-0.2, 0) is 9.59 Å². The summed E-state index contributed by atoms with van der Waals surface area (Å²) in [5.41, 5.74) is 20.3. The van der Waals surface area contributed by atoms with Gasteiger partial charge in [0.25, 0.3) is 5.91 Å². The number of halogens is 2. The van der Waals surface area contributed by atoms with Crippen molar-refractivity contribution in [3.8, 4) is 0 Å². The van der Waals surface area contributed by atoms with E-state index in [1.165, 1.54) is 64.6 Å². The van der Waals surface area contributed by atoms with Gasteiger partial charge in [0.05, 0.1) is 11.4 Å². The topological polar surface area (TPSA) is 254 Å². The van der Waals surface area contributed by atoms with Crippen molar-refractivity contribution in [3.63, 3.8) is 0 Å². The number of likely N-dealkylation sites (N-methyl/N-ethyl adjacent to an activating group) is 2. The van der Waals surface area contributed by atoms with Gasteiger partial charge in [0.15, 0.2) is 0 Å². The Morgan fingerprint density at radius 3 is 1.49 bits per heavy atom. The molecule has 2 aliphatic heterocycles. The van der Waals surface area contributed by atoms with E-state index in [0.717, 1.165) is 95.7 Å². The number of nitrogens with one attached hydrogen (secondary N) is 3. The minimum absolute atomic E-state index is 0.0418. The summed E-state index contributed by atoms with van der Waals surface area (Å²) in [6.07, 6.45) is 11.7. The summed E-state index contributed by atoms with van der Waals surface area (Å²) in [7, 11) is 4.14. The molecule has 2 heterocycles. The second-order valence-corrected chi connectivity index (χ2v) is 19.8. The summed E-state index contributed by atoms with van der Waals surface area (Å²) in [6.45, 7) is 8.33. The number of hydrogen-bond acceptors (Lipinski definition) is 14. The van der Waals surface area contributed by atoms with Crippen LogP contribution in [-0.4, -0.2) is 141 Å². The lowest BCUT2D eigenvalue weighted by Crippen LogP contribution is -2.54. The Bertz CT molecular complexity index is 2500. The molecule has 8 rings (SSSR count). The molecule has 5 atom stereocenters. The van der Waals surface area contributed by atoms with E-state index in [0.29, 0.717) is 72.6 Å². The predicted molar refractivity (Wildman–Crippen MR) is 295 cm³/mol. The molecule has 2 saturated heterocycles. The smallest absolute Gasteiger partial charge is 0.251 e. The molecule has 20 heteroatoms. The molecule has 0 spiro atoms. The van der Waals surface area contributed by atoms with E-state index < -0.39 is 11.9 Å². The van der Waals surface area contributed by atoms with Crippen molar-refractivity contribution in [2.45, 2.75) is 74.9 Å². The predicted octanol–water partition coefficient (Wildman–Crippen LogP) is 3.85. The van der Waals surface area contributed by atoms with E-state index in [1.54, 1.807) is 48.5 Å². The number of nitrogens with zero attached hydrogens (tertiary/aromatic N) is 6. The number of hydrogen-bond donors (Lipinski definition) is 8. The highest BCUT2D eigenvalue weighted by atomic mass is 19.1. The van der Waals surface area contributed by atoms with Gasteiger partial charge < -0.3 is 52.8 Å². The molecule has 4 fully saturated rings. The first-order valence-corrected chi connectivity index (χ1v) is 26.2. The molecule has 2 aliphatic carbocycles. The molecule has 4 aromatic rings. The maximum atomic E-state index is 13.4. The van der Waals surface area contributed by atoms with Crippen molar-refractivity contribution in [2.75, 3.05) is 89.6 Å². The maximum absolute atomic E-state index is 13.4. The maximum Gasteiger partial charge on any atom is 0.251 e. The van der Waals surface area contributed by atoms with Gasteiger partial charge >= 0.3 is 0 Å². The van der Waals surface area contributed by atoms with Gasteiger partial charge in [-0.05, 0) is 150 Å². The SMILES string of the molecule is CN1CCN(C(=O)C(CCCNC2CC2c2ccc(F)cc2)NC(=O)c2ccc(N(N)/C=C\N)cc2)CC1.CN1CCN(C(=O)CCCCNC2CC2c2ccc(F)cc2)CC1.N/C=C\N(N)c1ccc(C(N)=O)cc1. The zero-order chi connectivity index (χ0) is 54.6. The van der Waals surface area contributed by atoms with E-state index in [4.69, 9.17) is 28.9 Å². The lowest BCUT2D eigenvalue weighted by molar-refractivity contribution is -0.135. The van der Waals surface area contributed by atoms with E-state index in [2.05, 4.69) is 32.8 Å². The fourth-order valence-corrected chi connectivity index (χ4v) is 9.18. The molecule has 4 aromatic carbocycles. The lowest BCUT2D eigenvalue weighted by Gasteiger charge is -2.34. The Labute approximate surface area is 446 Å². The number of primary amides is 1. The zero-order valence-electron chi connectivity index (χ0n) is 43.9. The van der Waals surface area contributed by atoms with Crippen LogP contribution in [0.2, 0.25) is 0 Å². The van der Waals surface area contributed by atoms with E-state index in [9.17, 15) is 28.0 Å². The monoisotopic (exact) mass is 1050 g/mol. The highest BCUT2D eigenvalue weighted by Gasteiger charge is 2.38. The number of hydrazine groups is 2. The molecule has 5 unspecified atom stereocenters.